The normalized spacial score (nSPS) is 10.4. The molecule has 0 unspecified atom stereocenters. The second-order valence-corrected chi connectivity index (χ2v) is 3.56. The van der Waals surface area contributed by atoms with Gasteiger partial charge in [-0.25, -0.2) is 0 Å². The molecule has 84 valence electrons. The lowest BCUT2D eigenvalue weighted by atomic mass is 10.1. The van der Waals surface area contributed by atoms with Gasteiger partial charge in [-0.2, -0.15) is 0 Å². The molecule has 1 aromatic rings. The Labute approximate surface area is 90.6 Å². The van der Waals surface area contributed by atoms with Crippen LogP contribution in [0, 0.1) is 13.8 Å². The molecule has 0 aliphatic carbocycles. The fourth-order valence-corrected chi connectivity index (χ4v) is 1.59. The second kappa shape index (κ2) is 5.73. The van der Waals surface area contributed by atoms with Gasteiger partial charge in [-0.15, -0.1) is 0 Å². The monoisotopic (exact) mass is 210 g/mol. The summed E-state index contributed by atoms with van der Waals surface area (Å²) in [5, 5.41) is 9.03. The van der Waals surface area contributed by atoms with E-state index in [-0.39, 0.29) is 6.61 Å². The molecule has 0 amide bonds. The fraction of sp³-hybridized carbons (Fsp3) is 0.500. The van der Waals surface area contributed by atoms with Crippen molar-refractivity contribution >= 4 is 0 Å². The van der Waals surface area contributed by atoms with Crippen LogP contribution >= 0.6 is 0 Å². The van der Waals surface area contributed by atoms with Crippen LogP contribution in [0.4, 0.5) is 0 Å². The van der Waals surface area contributed by atoms with Crippen LogP contribution in [0.2, 0.25) is 0 Å². The smallest absolute Gasteiger partial charge is 0.125 e. The maximum Gasteiger partial charge on any atom is 0.125 e. The minimum absolute atomic E-state index is 0.0695. The number of rotatable bonds is 5. The molecule has 0 heterocycles. The molecule has 0 saturated heterocycles. The zero-order valence-corrected chi connectivity index (χ0v) is 9.54. The number of ether oxygens (including phenoxy) is 2. The van der Waals surface area contributed by atoms with Crippen molar-refractivity contribution < 1.29 is 14.6 Å². The highest BCUT2D eigenvalue weighted by molar-refractivity contribution is 5.43. The second-order valence-electron chi connectivity index (χ2n) is 3.56. The minimum atomic E-state index is 0.0695. The van der Waals surface area contributed by atoms with Crippen LogP contribution < -0.4 is 4.74 Å². The van der Waals surface area contributed by atoms with Gasteiger partial charge in [0.25, 0.3) is 0 Å². The fourth-order valence-electron chi connectivity index (χ4n) is 1.59. The van der Waals surface area contributed by atoms with Gasteiger partial charge < -0.3 is 14.6 Å². The molecule has 3 nitrogen and oxygen atoms in total. The molecule has 0 aliphatic heterocycles. The Hall–Kier alpha value is -1.06. The Morgan fingerprint density at radius 1 is 1.13 bits per heavy atom. The van der Waals surface area contributed by atoms with E-state index in [9.17, 15) is 0 Å². The van der Waals surface area contributed by atoms with Gasteiger partial charge in [0, 0.05) is 7.11 Å². The van der Waals surface area contributed by atoms with Crippen molar-refractivity contribution in [3.63, 3.8) is 0 Å². The number of hydrogen-bond donors (Lipinski definition) is 1. The molecule has 15 heavy (non-hydrogen) atoms. The highest BCUT2D eigenvalue weighted by atomic mass is 16.5. The lowest BCUT2D eigenvalue weighted by Crippen LogP contribution is -2.06. The maximum absolute atomic E-state index is 9.03. The Morgan fingerprint density at radius 3 is 2.20 bits per heavy atom. The molecule has 0 aromatic heterocycles. The predicted molar refractivity (Wildman–Crippen MR) is 59.2 cm³/mol. The van der Waals surface area contributed by atoms with E-state index < -0.39 is 0 Å². The molecule has 1 aromatic carbocycles. The number of aliphatic hydroxyl groups is 1. The van der Waals surface area contributed by atoms with Crippen molar-refractivity contribution in [1.29, 1.82) is 0 Å². The summed E-state index contributed by atoms with van der Waals surface area (Å²) in [6.07, 6.45) is 0. The van der Waals surface area contributed by atoms with Gasteiger partial charge in [-0.05, 0) is 30.5 Å². The first-order valence-corrected chi connectivity index (χ1v) is 5.01. The zero-order chi connectivity index (χ0) is 11.3. The van der Waals surface area contributed by atoms with E-state index in [0.29, 0.717) is 13.2 Å². The summed E-state index contributed by atoms with van der Waals surface area (Å²) < 4.78 is 10.5. The van der Waals surface area contributed by atoms with Gasteiger partial charge in [0.2, 0.25) is 0 Å². The first-order chi connectivity index (χ1) is 7.19. The SMILES string of the molecule is COCCOc1c(C)cc(CO)cc1C. The number of benzene rings is 1. The summed E-state index contributed by atoms with van der Waals surface area (Å²) in [5.41, 5.74) is 3.02. The highest BCUT2D eigenvalue weighted by Crippen LogP contribution is 2.24. The summed E-state index contributed by atoms with van der Waals surface area (Å²) in [4.78, 5) is 0. The maximum atomic E-state index is 9.03. The third-order valence-electron chi connectivity index (χ3n) is 2.24. The summed E-state index contributed by atoms with van der Waals surface area (Å²) in [6.45, 7) is 5.17. The molecule has 0 atom stereocenters. The molecule has 1 N–H and O–H groups in total. The minimum Gasteiger partial charge on any atom is -0.491 e. The number of methoxy groups -OCH3 is 1. The van der Waals surface area contributed by atoms with Crippen molar-refractivity contribution in [2.45, 2.75) is 20.5 Å². The molecule has 0 radical (unpaired) electrons. The average molecular weight is 210 g/mol. The molecule has 3 heteroatoms. The predicted octanol–water partition coefficient (Wildman–Crippen LogP) is 1.82. The first-order valence-electron chi connectivity index (χ1n) is 5.01. The van der Waals surface area contributed by atoms with E-state index in [1.807, 2.05) is 26.0 Å². The summed E-state index contributed by atoms with van der Waals surface area (Å²) >= 11 is 0. The van der Waals surface area contributed by atoms with Gasteiger partial charge in [-0.3, -0.25) is 0 Å². The third kappa shape index (κ3) is 3.22. The van der Waals surface area contributed by atoms with E-state index >= 15 is 0 Å². The van der Waals surface area contributed by atoms with Gasteiger partial charge in [0.1, 0.15) is 12.4 Å². The quantitative estimate of drug-likeness (QED) is 0.753. The van der Waals surface area contributed by atoms with Crippen LogP contribution in [0.25, 0.3) is 0 Å². The largest absolute Gasteiger partial charge is 0.491 e. The van der Waals surface area contributed by atoms with Crippen molar-refractivity contribution in [2.24, 2.45) is 0 Å². The van der Waals surface area contributed by atoms with E-state index in [1.165, 1.54) is 0 Å². The molecular weight excluding hydrogens is 192 g/mol. The van der Waals surface area contributed by atoms with Crippen molar-refractivity contribution in [3.05, 3.63) is 28.8 Å². The summed E-state index contributed by atoms with van der Waals surface area (Å²) in [6, 6.07) is 3.88. The van der Waals surface area contributed by atoms with Crippen LogP contribution in [0.5, 0.6) is 5.75 Å². The molecule has 0 saturated carbocycles. The van der Waals surface area contributed by atoms with Crippen molar-refractivity contribution in [3.8, 4) is 5.75 Å². The number of aliphatic hydroxyl groups excluding tert-OH is 1. The Morgan fingerprint density at radius 2 is 1.73 bits per heavy atom. The highest BCUT2D eigenvalue weighted by Gasteiger charge is 2.05. The van der Waals surface area contributed by atoms with Crippen LogP contribution in [0.3, 0.4) is 0 Å². The topological polar surface area (TPSA) is 38.7 Å². The Kier molecular flexibility index (Phi) is 4.59. The van der Waals surface area contributed by atoms with E-state index in [2.05, 4.69) is 0 Å². The first kappa shape index (κ1) is 12.0. The number of aryl methyl sites for hydroxylation is 2. The molecule has 1 rings (SSSR count). The van der Waals surface area contributed by atoms with E-state index in [4.69, 9.17) is 14.6 Å². The van der Waals surface area contributed by atoms with Crippen molar-refractivity contribution in [1.82, 2.24) is 0 Å². The molecule has 0 aliphatic rings. The summed E-state index contributed by atoms with van der Waals surface area (Å²) in [7, 11) is 1.65. The van der Waals surface area contributed by atoms with Gasteiger partial charge in [0.15, 0.2) is 0 Å². The number of hydrogen-bond acceptors (Lipinski definition) is 3. The van der Waals surface area contributed by atoms with Gasteiger partial charge in [-0.1, -0.05) is 12.1 Å². The van der Waals surface area contributed by atoms with E-state index in [1.54, 1.807) is 7.11 Å². The van der Waals surface area contributed by atoms with Crippen molar-refractivity contribution in [2.75, 3.05) is 20.3 Å². The lowest BCUT2D eigenvalue weighted by Gasteiger charge is -2.13. The van der Waals surface area contributed by atoms with Crippen LogP contribution in [-0.4, -0.2) is 25.4 Å². The van der Waals surface area contributed by atoms with Crippen LogP contribution in [0.1, 0.15) is 16.7 Å². The third-order valence-corrected chi connectivity index (χ3v) is 2.24. The Bertz CT molecular complexity index is 298. The average Bonchev–Trinajstić information content (AvgIpc) is 2.22. The van der Waals surface area contributed by atoms with E-state index in [0.717, 1.165) is 22.4 Å². The molecule has 0 fully saturated rings. The summed E-state index contributed by atoms with van der Waals surface area (Å²) in [5.74, 6) is 0.893. The lowest BCUT2D eigenvalue weighted by molar-refractivity contribution is 0.145. The van der Waals surface area contributed by atoms with Crippen LogP contribution in [0.15, 0.2) is 12.1 Å². The van der Waals surface area contributed by atoms with Crippen LogP contribution in [-0.2, 0) is 11.3 Å². The zero-order valence-electron chi connectivity index (χ0n) is 9.54. The standard InChI is InChI=1S/C12H18O3/c1-9-6-11(8-13)7-10(2)12(9)15-5-4-14-3/h6-7,13H,4-5,8H2,1-3H3. The molecular formula is C12H18O3. The van der Waals surface area contributed by atoms with Gasteiger partial charge in [0.05, 0.1) is 13.2 Å². The molecule has 0 bridgehead atoms. The Balaban J connectivity index is 2.79. The van der Waals surface area contributed by atoms with Gasteiger partial charge >= 0.3 is 0 Å². The molecule has 0 spiro atoms.